The number of carboxylic acid groups (broad SMARTS) is 1. The van der Waals surface area contributed by atoms with Crippen LogP contribution in [-0.2, 0) is 7.05 Å². The van der Waals surface area contributed by atoms with Crippen LogP contribution >= 0.6 is 11.8 Å². The van der Waals surface area contributed by atoms with Gasteiger partial charge in [-0.1, -0.05) is 32.5 Å². The molecule has 0 aliphatic carbocycles. The number of hydrogen-bond acceptors (Lipinski definition) is 3. The second kappa shape index (κ2) is 6.48. The molecule has 0 aliphatic rings. The molecule has 0 saturated heterocycles. The third kappa shape index (κ3) is 3.06. The minimum atomic E-state index is -0.937. The highest BCUT2D eigenvalue weighted by molar-refractivity contribution is 7.99. The zero-order chi connectivity index (χ0) is 11.1. The monoisotopic (exact) mass is 216 g/mol. The minimum absolute atomic E-state index is 0.228. The van der Waals surface area contributed by atoms with Crippen LogP contribution in [-0.4, -0.2) is 26.4 Å². The highest BCUT2D eigenvalue weighted by Crippen LogP contribution is 2.16. The maximum atomic E-state index is 10.6. The minimum Gasteiger partial charge on any atom is -0.477 e. The number of carboxylic acids is 1. The third-order valence-electron chi connectivity index (χ3n) is 1.44. The standard InChI is InChI=1S/C7H10N2O2S.C2H6/c1-3-12-7-8-4-5(6(10)11)9(7)2;1-2/h4H,3H2,1-2H3,(H,10,11);1-2H3. The van der Waals surface area contributed by atoms with E-state index in [2.05, 4.69) is 4.98 Å². The van der Waals surface area contributed by atoms with Gasteiger partial charge in [-0.15, -0.1) is 0 Å². The second-order valence-corrected chi connectivity index (χ2v) is 3.45. The van der Waals surface area contributed by atoms with Crippen molar-refractivity contribution in [2.45, 2.75) is 25.9 Å². The molecule has 1 aromatic rings. The third-order valence-corrected chi connectivity index (χ3v) is 2.36. The molecule has 1 heterocycles. The van der Waals surface area contributed by atoms with Crippen molar-refractivity contribution in [3.8, 4) is 0 Å². The number of carbonyl (C=O) groups is 1. The Morgan fingerprint density at radius 1 is 1.64 bits per heavy atom. The summed E-state index contributed by atoms with van der Waals surface area (Å²) in [5, 5.41) is 9.42. The lowest BCUT2D eigenvalue weighted by Crippen LogP contribution is -2.04. The molecule has 0 unspecified atom stereocenters. The Labute approximate surface area is 88.3 Å². The van der Waals surface area contributed by atoms with E-state index in [-0.39, 0.29) is 5.69 Å². The van der Waals surface area contributed by atoms with Crippen molar-refractivity contribution in [1.82, 2.24) is 9.55 Å². The van der Waals surface area contributed by atoms with Crippen molar-refractivity contribution in [2.75, 3.05) is 5.75 Å². The van der Waals surface area contributed by atoms with E-state index in [9.17, 15) is 4.79 Å². The maximum absolute atomic E-state index is 10.6. The van der Waals surface area contributed by atoms with E-state index < -0.39 is 5.97 Å². The second-order valence-electron chi connectivity index (χ2n) is 2.22. The molecule has 1 aromatic heterocycles. The van der Waals surface area contributed by atoms with E-state index in [1.54, 1.807) is 11.6 Å². The Morgan fingerprint density at radius 3 is 2.57 bits per heavy atom. The molecule has 0 atom stereocenters. The van der Waals surface area contributed by atoms with E-state index in [4.69, 9.17) is 5.11 Å². The summed E-state index contributed by atoms with van der Waals surface area (Å²) in [5.41, 5.74) is 0.228. The molecule has 80 valence electrons. The van der Waals surface area contributed by atoms with Gasteiger partial charge in [0.1, 0.15) is 5.69 Å². The van der Waals surface area contributed by atoms with Crippen molar-refractivity contribution in [1.29, 1.82) is 0 Å². The van der Waals surface area contributed by atoms with Gasteiger partial charge in [-0.3, -0.25) is 0 Å². The van der Waals surface area contributed by atoms with Gasteiger partial charge in [0.05, 0.1) is 6.20 Å². The average Bonchev–Trinajstić information content (AvgIpc) is 2.52. The van der Waals surface area contributed by atoms with Gasteiger partial charge in [0.25, 0.3) is 0 Å². The van der Waals surface area contributed by atoms with Crippen LogP contribution in [0.4, 0.5) is 0 Å². The van der Waals surface area contributed by atoms with E-state index in [1.165, 1.54) is 18.0 Å². The Hall–Kier alpha value is -0.970. The summed E-state index contributed by atoms with van der Waals surface area (Å²) >= 11 is 1.53. The predicted octanol–water partition coefficient (Wildman–Crippen LogP) is 2.26. The molecule has 0 amide bonds. The fraction of sp³-hybridized carbons (Fsp3) is 0.556. The summed E-state index contributed by atoms with van der Waals surface area (Å²) in [5.74, 6) is -0.0443. The molecule has 0 aliphatic heterocycles. The van der Waals surface area contributed by atoms with E-state index in [1.807, 2.05) is 20.8 Å². The molecule has 0 bridgehead atoms. The molecule has 1 N–H and O–H groups in total. The van der Waals surface area contributed by atoms with Gasteiger partial charge in [0.2, 0.25) is 0 Å². The van der Waals surface area contributed by atoms with Gasteiger partial charge in [0, 0.05) is 7.05 Å². The zero-order valence-corrected chi connectivity index (χ0v) is 9.76. The van der Waals surface area contributed by atoms with Crippen molar-refractivity contribution in [3.05, 3.63) is 11.9 Å². The zero-order valence-electron chi connectivity index (χ0n) is 8.94. The molecule has 5 heteroatoms. The number of hydrogen-bond donors (Lipinski definition) is 1. The van der Waals surface area contributed by atoms with Crippen LogP contribution in [0.3, 0.4) is 0 Å². The molecule has 0 spiro atoms. The van der Waals surface area contributed by atoms with Crippen LogP contribution in [0.1, 0.15) is 31.3 Å². The number of aromatic nitrogens is 2. The van der Waals surface area contributed by atoms with Crippen molar-refractivity contribution < 1.29 is 9.90 Å². The fourth-order valence-corrected chi connectivity index (χ4v) is 1.53. The van der Waals surface area contributed by atoms with Gasteiger partial charge < -0.3 is 9.67 Å². The van der Waals surface area contributed by atoms with Crippen LogP contribution in [0.15, 0.2) is 11.4 Å². The first-order valence-electron chi connectivity index (χ1n) is 4.54. The lowest BCUT2D eigenvalue weighted by Gasteiger charge is -1.99. The Bertz CT molecular complexity index is 297. The van der Waals surface area contributed by atoms with Crippen LogP contribution in [0.5, 0.6) is 0 Å². The topological polar surface area (TPSA) is 55.1 Å². The molecule has 0 radical (unpaired) electrons. The highest BCUT2D eigenvalue weighted by Gasteiger charge is 2.11. The van der Waals surface area contributed by atoms with Gasteiger partial charge >= 0.3 is 5.97 Å². The largest absolute Gasteiger partial charge is 0.477 e. The normalized spacial score (nSPS) is 9.14. The van der Waals surface area contributed by atoms with Crippen LogP contribution in [0.25, 0.3) is 0 Å². The first-order valence-corrected chi connectivity index (χ1v) is 5.53. The summed E-state index contributed by atoms with van der Waals surface area (Å²) < 4.78 is 1.58. The summed E-state index contributed by atoms with van der Waals surface area (Å²) in [6, 6.07) is 0. The molecular formula is C9H16N2O2S. The molecule has 0 saturated carbocycles. The Kier molecular flexibility index (Phi) is 6.03. The fourth-order valence-electron chi connectivity index (χ4n) is 0.854. The molecular weight excluding hydrogens is 200 g/mol. The number of rotatable bonds is 3. The predicted molar refractivity (Wildman–Crippen MR) is 57.9 cm³/mol. The number of thioether (sulfide) groups is 1. The van der Waals surface area contributed by atoms with Crippen LogP contribution < -0.4 is 0 Å². The molecule has 4 nitrogen and oxygen atoms in total. The van der Waals surface area contributed by atoms with Gasteiger partial charge in [-0.2, -0.15) is 0 Å². The highest BCUT2D eigenvalue weighted by atomic mass is 32.2. The smallest absolute Gasteiger partial charge is 0.354 e. The van der Waals surface area contributed by atoms with E-state index in [0.717, 1.165) is 10.9 Å². The number of nitrogens with zero attached hydrogens (tertiary/aromatic N) is 2. The molecule has 1 rings (SSSR count). The van der Waals surface area contributed by atoms with E-state index >= 15 is 0 Å². The average molecular weight is 216 g/mol. The molecule has 0 aromatic carbocycles. The Morgan fingerprint density at radius 2 is 2.21 bits per heavy atom. The summed E-state index contributed by atoms with van der Waals surface area (Å²) in [6.07, 6.45) is 1.38. The van der Waals surface area contributed by atoms with Gasteiger partial charge in [-0.05, 0) is 5.75 Å². The van der Waals surface area contributed by atoms with Crippen molar-refractivity contribution >= 4 is 17.7 Å². The molecule has 14 heavy (non-hydrogen) atoms. The SMILES string of the molecule is CC.CCSc1ncc(C(=O)O)n1C. The van der Waals surface area contributed by atoms with Gasteiger partial charge in [0.15, 0.2) is 5.16 Å². The van der Waals surface area contributed by atoms with Crippen molar-refractivity contribution in [2.24, 2.45) is 7.05 Å². The first-order chi connectivity index (χ1) is 6.66. The number of aromatic carboxylic acids is 1. The van der Waals surface area contributed by atoms with E-state index in [0.29, 0.717) is 0 Å². The van der Waals surface area contributed by atoms with Gasteiger partial charge in [-0.25, -0.2) is 9.78 Å². The molecule has 0 fully saturated rings. The first kappa shape index (κ1) is 13.0. The lowest BCUT2D eigenvalue weighted by atomic mass is 10.5. The quantitative estimate of drug-likeness (QED) is 0.787. The summed E-state index contributed by atoms with van der Waals surface area (Å²) in [4.78, 5) is 14.5. The Balaban J connectivity index is 0.000000791. The summed E-state index contributed by atoms with van der Waals surface area (Å²) in [7, 11) is 1.70. The lowest BCUT2D eigenvalue weighted by molar-refractivity contribution is 0.0685. The number of imidazole rings is 1. The van der Waals surface area contributed by atoms with Crippen LogP contribution in [0.2, 0.25) is 0 Å². The van der Waals surface area contributed by atoms with Crippen LogP contribution in [0, 0.1) is 0 Å². The maximum Gasteiger partial charge on any atom is 0.354 e. The van der Waals surface area contributed by atoms with Crippen molar-refractivity contribution in [3.63, 3.8) is 0 Å². The summed E-state index contributed by atoms with van der Waals surface area (Å²) in [6.45, 7) is 6.00.